The van der Waals surface area contributed by atoms with Crippen LogP contribution in [-0.4, -0.2) is 29.8 Å². The third kappa shape index (κ3) is 4.20. The number of rotatable bonds is 5. The summed E-state index contributed by atoms with van der Waals surface area (Å²) in [5, 5.41) is 0. The third-order valence-electron chi connectivity index (χ3n) is 4.28. The van der Waals surface area contributed by atoms with Gasteiger partial charge >= 0.3 is 0 Å². The van der Waals surface area contributed by atoms with Gasteiger partial charge in [-0.05, 0) is 24.6 Å². The van der Waals surface area contributed by atoms with Crippen molar-refractivity contribution in [3.05, 3.63) is 64.6 Å². The first-order valence-electron chi connectivity index (χ1n) is 8.10. The van der Waals surface area contributed by atoms with E-state index in [-0.39, 0.29) is 17.7 Å². The summed E-state index contributed by atoms with van der Waals surface area (Å²) in [7, 11) is 0. The largest absolute Gasteiger partial charge is 0.476 e. The van der Waals surface area contributed by atoms with Crippen LogP contribution in [0.5, 0.6) is 5.75 Å². The summed E-state index contributed by atoms with van der Waals surface area (Å²) in [5.41, 5.74) is 6.15. The summed E-state index contributed by atoms with van der Waals surface area (Å²) in [6.07, 6.45) is -0.165. The molecule has 0 radical (unpaired) electrons. The normalized spacial score (nSPS) is 18.0. The highest BCUT2D eigenvalue weighted by Crippen LogP contribution is 2.28. The number of carbonyl (C=O) groups excluding carboxylic acids is 2. The van der Waals surface area contributed by atoms with E-state index in [1.165, 1.54) is 0 Å². The Hall–Kier alpha value is -2.34. The van der Waals surface area contributed by atoms with Crippen LogP contribution >= 0.6 is 15.9 Å². The second-order valence-corrected chi connectivity index (χ2v) is 6.95. The number of benzene rings is 2. The third-order valence-corrected chi connectivity index (χ3v) is 4.77. The van der Waals surface area contributed by atoms with E-state index in [4.69, 9.17) is 10.5 Å². The first-order chi connectivity index (χ1) is 12.0. The number of nitrogens with two attached hydrogens (primary N) is 1. The molecule has 2 amide bonds. The van der Waals surface area contributed by atoms with Gasteiger partial charge in [-0.15, -0.1) is 0 Å². The summed E-state index contributed by atoms with van der Waals surface area (Å²) >= 11 is 3.41. The highest BCUT2D eigenvalue weighted by Gasteiger charge is 2.35. The number of hydrogen-bond acceptors (Lipinski definition) is 3. The van der Waals surface area contributed by atoms with E-state index in [0.717, 1.165) is 10.0 Å². The fourth-order valence-corrected chi connectivity index (χ4v) is 3.30. The van der Waals surface area contributed by atoms with Crippen LogP contribution in [0.3, 0.4) is 0 Å². The SMILES string of the molecule is NC(=O)[C@@H]1CCN(C(=O)[C@H](Oc2cccc(Br)c2)c2ccccc2)C1. The second kappa shape index (κ2) is 7.70. The molecule has 0 spiro atoms. The highest BCUT2D eigenvalue weighted by atomic mass is 79.9. The molecule has 25 heavy (non-hydrogen) atoms. The minimum absolute atomic E-state index is 0.157. The summed E-state index contributed by atoms with van der Waals surface area (Å²) in [4.78, 5) is 26.1. The second-order valence-electron chi connectivity index (χ2n) is 6.04. The van der Waals surface area contributed by atoms with Gasteiger partial charge in [-0.25, -0.2) is 0 Å². The predicted molar refractivity (Wildman–Crippen MR) is 97.8 cm³/mol. The van der Waals surface area contributed by atoms with Crippen molar-refractivity contribution in [2.75, 3.05) is 13.1 Å². The molecule has 0 unspecified atom stereocenters. The molecule has 6 heteroatoms. The molecule has 0 aromatic heterocycles. The maximum atomic E-state index is 13.0. The van der Waals surface area contributed by atoms with Gasteiger partial charge in [-0.1, -0.05) is 52.3 Å². The van der Waals surface area contributed by atoms with Gasteiger partial charge in [-0.2, -0.15) is 0 Å². The Bertz CT molecular complexity index is 766. The van der Waals surface area contributed by atoms with E-state index in [1.807, 2.05) is 54.6 Å². The van der Waals surface area contributed by atoms with Crippen LogP contribution in [0.15, 0.2) is 59.1 Å². The molecule has 2 aromatic rings. The van der Waals surface area contributed by atoms with E-state index in [1.54, 1.807) is 4.90 Å². The summed E-state index contributed by atoms with van der Waals surface area (Å²) in [5.74, 6) is -0.206. The molecule has 1 aliphatic heterocycles. The summed E-state index contributed by atoms with van der Waals surface area (Å²) < 4.78 is 6.89. The molecule has 5 nitrogen and oxygen atoms in total. The molecule has 1 heterocycles. The van der Waals surface area contributed by atoms with Crippen LogP contribution in [-0.2, 0) is 9.59 Å². The molecule has 130 valence electrons. The number of nitrogens with zero attached hydrogens (tertiary/aromatic N) is 1. The smallest absolute Gasteiger partial charge is 0.268 e. The standard InChI is InChI=1S/C19H19BrN2O3/c20-15-7-4-8-16(11-15)25-17(13-5-2-1-3-6-13)19(24)22-10-9-14(12-22)18(21)23/h1-8,11,14,17H,9-10,12H2,(H2,21,23)/t14-,17-/m1/s1. The summed E-state index contributed by atoms with van der Waals surface area (Å²) in [6, 6.07) is 16.7. The lowest BCUT2D eigenvalue weighted by atomic mass is 10.1. The Balaban J connectivity index is 1.84. The van der Waals surface area contributed by atoms with Crippen LogP contribution in [0.1, 0.15) is 18.1 Å². The minimum atomic E-state index is -0.762. The van der Waals surface area contributed by atoms with E-state index in [2.05, 4.69) is 15.9 Å². The van der Waals surface area contributed by atoms with Crippen molar-refractivity contribution >= 4 is 27.7 Å². The first-order valence-corrected chi connectivity index (χ1v) is 8.89. The number of amides is 2. The van der Waals surface area contributed by atoms with E-state index < -0.39 is 6.10 Å². The Morgan fingerprint density at radius 1 is 1.16 bits per heavy atom. The van der Waals surface area contributed by atoms with E-state index in [9.17, 15) is 9.59 Å². The Morgan fingerprint density at radius 3 is 2.56 bits per heavy atom. The highest BCUT2D eigenvalue weighted by molar-refractivity contribution is 9.10. The Morgan fingerprint density at radius 2 is 1.92 bits per heavy atom. The maximum absolute atomic E-state index is 13.0. The number of likely N-dealkylation sites (tertiary alicyclic amines) is 1. The van der Waals surface area contributed by atoms with Crippen LogP contribution in [0, 0.1) is 5.92 Å². The molecular formula is C19H19BrN2O3. The number of hydrogen-bond donors (Lipinski definition) is 1. The van der Waals surface area contributed by atoms with Crippen LogP contribution in [0.2, 0.25) is 0 Å². The first kappa shape index (κ1) is 17.5. The molecule has 2 atom stereocenters. The number of halogens is 1. The zero-order chi connectivity index (χ0) is 17.8. The molecule has 1 aliphatic rings. The average molecular weight is 403 g/mol. The fourth-order valence-electron chi connectivity index (χ4n) is 2.92. The molecule has 0 bridgehead atoms. The number of primary amides is 1. The minimum Gasteiger partial charge on any atom is -0.476 e. The lowest BCUT2D eigenvalue weighted by molar-refractivity contribution is -0.138. The monoisotopic (exact) mass is 402 g/mol. The topological polar surface area (TPSA) is 72.6 Å². The Labute approximate surface area is 154 Å². The molecule has 1 fully saturated rings. The average Bonchev–Trinajstić information content (AvgIpc) is 3.10. The molecule has 1 saturated heterocycles. The van der Waals surface area contributed by atoms with Crippen molar-refractivity contribution in [1.29, 1.82) is 0 Å². The molecule has 0 aliphatic carbocycles. The molecule has 2 N–H and O–H groups in total. The molecule has 2 aromatic carbocycles. The lowest BCUT2D eigenvalue weighted by Gasteiger charge is -2.24. The van der Waals surface area contributed by atoms with Crippen molar-refractivity contribution in [3.8, 4) is 5.75 Å². The van der Waals surface area contributed by atoms with E-state index >= 15 is 0 Å². The zero-order valence-electron chi connectivity index (χ0n) is 13.6. The van der Waals surface area contributed by atoms with Gasteiger partial charge in [0, 0.05) is 23.1 Å². The summed E-state index contributed by atoms with van der Waals surface area (Å²) in [6.45, 7) is 0.858. The van der Waals surface area contributed by atoms with Gasteiger partial charge in [0.2, 0.25) is 12.0 Å². The molecule has 3 rings (SSSR count). The van der Waals surface area contributed by atoms with Gasteiger partial charge in [0.15, 0.2) is 0 Å². The fraction of sp³-hybridized carbons (Fsp3) is 0.263. The van der Waals surface area contributed by atoms with Crippen molar-refractivity contribution in [2.24, 2.45) is 11.7 Å². The van der Waals surface area contributed by atoms with Gasteiger partial charge in [0.05, 0.1) is 5.92 Å². The van der Waals surface area contributed by atoms with Crippen LogP contribution in [0.4, 0.5) is 0 Å². The van der Waals surface area contributed by atoms with Crippen molar-refractivity contribution in [3.63, 3.8) is 0 Å². The van der Waals surface area contributed by atoms with Gasteiger partial charge in [-0.3, -0.25) is 9.59 Å². The predicted octanol–water partition coefficient (Wildman–Crippen LogP) is 2.90. The zero-order valence-corrected chi connectivity index (χ0v) is 15.2. The van der Waals surface area contributed by atoms with Gasteiger partial charge in [0.25, 0.3) is 5.91 Å². The maximum Gasteiger partial charge on any atom is 0.268 e. The van der Waals surface area contributed by atoms with Crippen molar-refractivity contribution < 1.29 is 14.3 Å². The van der Waals surface area contributed by atoms with Crippen LogP contribution in [0.25, 0.3) is 0 Å². The quantitative estimate of drug-likeness (QED) is 0.835. The van der Waals surface area contributed by atoms with Gasteiger partial charge in [0.1, 0.15) is 5.75 Å². The lowest BCUT2D eigenvalue weighted by Crippen LogP contribution is -2.37. The molecule has 0 saturated carbocycles. The van der Waals surface area contributed by atoms with Crippen molar-refractivity contribution in [1.82, 2.24) is 4.90 Å². The molecular weight excluding hydrogens is 384 g/mol. The van der Waals surface area contributed by atoms with E-state index in [0.29, 0.717) is 25.3 Å². The number of carbonyl (C=O) groups is 2. The van der Waals surface area contributed by atoms with Crippen molar-refractivity contribution in [2.45, 2.75) is 12.5 Å². The van der Waals surface area contributed by atoms with Gasteiger partial charge < -0.3 is 15.4 Å². The Kier molecular flexibility index (Phi) is 5.38. The van der Waals surface area contributed by atoms with Crippen LogP contribution < -0.4 is 10.5 Å². The number of ether oxygens (including phenoxy) is 1.